The molecule has 4 N–H and O–H groups in total. The van der Waals surface area contributed by atoms with E-state index in [4.69, 9.17) is 5.73 Å². The first-order chi connectivity index (χ1) is 12.0. The topological polar surface area (TPSA) is 110 Å². The van der Waals surface area contributed by atoms with E-state index in [9.17, 15) is 14.0 Å². The lowest BCUT2D eigenvalue weighted by atomic mass is 9.98. The summed E-state index contributed by atoms with van der Waals surface area (Å²) in [6.45, 7) is 1.72. The number of primary amides is 1. The number of aromatic amines is 1. The Hall–Kier alpha value is -3.42. The molecule has 1 aromatic carbocycles. The molecule has 128 valence electrons. The molecule has 2 amide bonds. The molecule has 25 heavy (non-hydrogen) atoms. The minimum Gasteiger partial charge on any atom is -0.445 e. The average Bonchev–Trinajstić information content (AvgIpc) is 3.10. The Kier molecular flexibility index (Phi) is 4.34. The van der Waals surface area contributed by atoms with Gasteiger partial charge in [-0.05, 0) is 31.2 Å². The third-order valence-corrected chi connectivity index (χ3v) is 3.71. The van der Waals surface area contributed by atoms with Crippen LogP contribution in [0, 0.1) is 12.7 Å². The first-order valence-electron chi connectivity index (χ1n) is 7.42. The lowest BCUT2D eigenvalue weighted by molar-refractivity contribution is -0.110. The van der Waals surface area contributed by atoms with Crippen molar-refractivity contribution in [3.63, 3.8) is 0 Å². The van der Waals surface area contributed by atoms with E-state index in [2.05, 4.69) is 20.0 Å². The smallest absolute Gasteiger partial charge is 0.404 e. The van der Waals surface area contributed by atoms with Gasteiger partial charge < -0.3 is 20.8 Å². The minimum atomic E-state index is -0.921. The summed E-state index contributed by atoms with van der Waals surface area (Å²) in [6, 6.07) is 2.76. The van der Waals surface area contributed by atoms with Gasteiger partial charge in [-0.2, -0.15) is 0 Å². The summed E-state index contributed by atoms with van der Waals surface area (Å²) in [5.74, 6) is -0.846. The maximum atomic E-state index is 14.3. The number of hydrogen-bond donors (Lipinski definition) is 3. The van der Waals surface area contributed by atoms with Gasteiger partial charge in [0.15, 0.2) is 0 Å². The molecule has 0 saturated heterocycles. The highest BCUT2D eigenvalue weighted by atomic mass is 19.1. The quantitative estimate of drug-likeness (QED) is 0.741. The number of nitrogens with one attached hydrogen (secondary N) is 2. The van der Waals surface area contributed by atoms with Gasteiger partial charge in [-0.15, -0.1) is 0 Å². The molecule has 0 atom stereocenters. The predicted molar refractivity (Wildman–Crippen MR) is 90.8 cm³/mol. The van der Waals surface area contributed by atoms with E-state index in [-0.39, 0.29) is 18.1 Å². The molecule has 1 aromatic heterocycles. The fraction of sp³-hybridized carbons (Fsp3) is 0.118. The van der Waals surface area contributed by atoms with Gasteiger partial charge in [0, 0.05) is 22.5 Å². The zero-order valence-electron chi connectivity index (χ0n) is 13.3. The number of nitrogens with two attached hydrogens (primary N) is 1. The number of anilines is 1. The summed E-state index contributed by atoms with van der Waals surface area (Å²) in [5.41, 5.74) is 7.71. The van der Waals surface area contributed by atoms with Crippen LogP contribution in [-0.4, -0.2) is 28.6 Å². The SMILES string of the molecule is Cc1[nH]cnc1/C=C1\C(=O)Nc2ccc(F)c(C=CCOC(N)=O)c21. The summed E-state index contributed by atoms with van der Waals surface area (Å²) in [6.07, 6.45) is 5.09. The summed E-state index contributed by atoms with van der Waals surface area (Å²) in [7, 11) is 0. The van der Waals surface area contributed by atoms with Crippen LogP contribution in [0.25, 0.3) is 17.7 Å². The Bertz CT molecular complexity index is 915. The lowest BCUT2D eigenvalue weighted by Crippen LogP contribution is -2.12. The van der Waals surface area contributed by atoms with Crippen molar-refractivity contribution in [1.82, 2.24) is 9.97 Å². The zero-order valence-corrected chi connectivity index (χ0v) is 13.3. The Balaban J connectivity index is 2.04. The van der Waals surface area contributed by atoms with Crippen LogP contribution in [0.3, 0.4) is 0 Å². The van der Waals surface area contributed by atoms with E-state index in [0.717, 1.165) is 5.69 Å². The number of halogens is 1. The van der Waals surface area contributed by atoms with Crippen molar-refractivity contribution in [3.8, 4) is 0 Å². The number of carbonyl (C=O) groups excluding carboxylic acids is 2. The minimum absolute atomic E-state index is 0.0999. The van der Waals surface area contributed by atoms with Gasteiger partial charge in [-0.3, -0.25) is 4.79 Å². The second-order valence-electron chi connectivity index (χ2n) is 5.34. The van der Waals surface area contributed by atoms with Gasteiger partial charge in [0.1, 0.15) is 12.4 Å². The molecular weight excluding hydrogens is 327 g/mol. The molecule has 1 aliphatic heterocycles. The molecule has 2 heterocycles. The van der Waals surface area contributed by atoms with E-state index in [0.29, 0.717) is 22.5 Å². The normalized spacial score (nSPS) is 14.8. The third kappa shape index (κ3) is 3.27. The van der Waals surface area contributed by atoms with Crippen molar-refractivity contribution in [3.05, 3.63) is 52.9 Å². The fourth-order valence-electron chi connectivity index (χ4n) is 2.54. The number of amides is 2. The molecule has 0 unspecified atom stereocenters. The standard InChI is InChI=1S/C17H15FN4O3/c1-9-14(21-8-20-9)7-11-15-10(3-2-6-25-17(19)24)12(18)4-5-13(15)22-16(11)23/h2-5,7-8H,6H2,1H3,(H2,19,24)(H,20,21)(H,22,23)/b3-2?,11-7-. The highest BCUT2D eigenvalue weighted by Gasteiger charge is 2.28. The van der Waals surface area contributed by atoms with Gasteiger partial charge >= 0.3 is 6.09 Å². The number of rotatable bonds is 4. The second-order valence-corrected chi connectivity index (χ2v) is 5.34. The van der Waals surface area contributed by atoms with E-state index < -0.39 is 11.9 Å². The first-order valence-corrected chi connectivity index (χ1v) is 7.42. The molecule has 0 bridgehead atoms. The van der Waals surface area contributed by atoms with Crippen LogP contribution in [0.2, 0.25) is 0 Å². The second kappa shape index (κ2) is 6.60. The summed E-state index contributed by atoms with van der Waals surface area (Å²) >= 11 is 0. The van der Waals surface area contributed by atoms with E-state index in [1.54, 1.807) is 6.08 Å². The highest BCUT2D eigenvalue weighted by Crippen LogP contribution is 2.37. The van der Waals surface area contributed by atoms with Gasteiger partial charge in [0.05, 0.1) is 17.6 Å². The molecule has 3 rings (SSSR count). The van der Waals surface area contributed by atoms with Crippen molar-refractivity contribution in [2.24, 2.45) is 5.73 Å². The number of hydrogen-bond acceptors (Lipinski definition) is 4. The first kappa shape index (κ1) is 16.4. The van der Waals surface area contributed by atoms with Crippen LogP contribution in [0.1, 0.15) is 22.5 Å². The Morgan fingerprint density at radius 1 is 1.44 bits per heavy atom. The van der Waals surface area contributed by atoms with Gasteiger partial charge in [-0.25, -0.2) is 14.2 Å². The van der Waals surface area contributed by atoms with Gasteiger partial charge in [0.2, 0.25) is 0 Å². The largest absolute Gasteiger partial charge is 0.445 e. The molecular formula is C17H15FN4O3. The van der Waals surface area contributed by atoms with Crippen molar-refractivity contribution in [2.75, 3.05) is 11.9 Å². The van der Waals surface area contributed by atoms with Gasteiger partial charge in [-0.1, -0.05) is 6.08 Å². The molecule has 8 heteroatoms. The summed E-state index contributed by atoms with van der Waals surface area (Å²) in [5, 5.41) is 2.70. The number of imidazole rings is 1. The molecule has 0 fully saturated rings. The van der Waals surface area contributed by atoms with Crippen molar-refractivity contribution in [1.29, 1.82) is 0 Å². The predicted octanol–water partition coefficient (Wildman–Crippen LogP) is 2.46. The number of ether oxygens (including phenoxy) is 1. The highest BCUT2D eigenvalue weighted by molar-refractivity contribution is 6.35. The number of H-pyrrole nitrogens is 1. The van der Waals surface area contributed by atoms with Crippen LogP contribution in [0.15, 0.2) is 24.5 Å². The molecule has 0 saturated carbocycles. The van der Waals surface area contributed by atoms with Crippen molar-refractivity contribution in [2.45, 2.75) is 6.92 Å². The van der Waals surface area contributed by atoms with Crippen LogP contribution in [-0.2, 0) is 9.53 Å². The Morgan fingerprint density at radius 2 is 2.24 bits per heavy atom. The summed E-state index contributed by atoms with van der Waals surface area (Å²) in [4.78, 5) is 30.0. The van der Waals surface area contributed by atoms with Crippen LogP contribution >= 0.6 is 0 Å². The number of benzene rings is 1. The van der Waals surface area contributed by atoms with Crippen molar-refractivity contribution < 1.29 is 18.7 Å². The number of fused-ring (bicyclic) bond motifs is 1. The molecule has 1 aliphatic rings. The Morgan fingerprint density at radius 3 is 2.92 bits per heavy atom. The zero-order chi connectivity index (χ0) is 18.0. The molecule has 0 aliphatic carbocycles. The van der Waals surface area contributed by atoms with Crippen LogP contribution < -0.4 is 11.1 Å². The van der Waals surface area contributed by atoms with Crippen LogP contribution in [0.5, 0.6) is 0 Å². The van der Waals surface area contributed by atoms with E-state index in [1.807, 2.05) is 6.92 Å². The fourth-order valence-corrected chi connectivity index (χ4v) is 2.54. The van der Waals surface area contributed by atoms with E-state index >= 15 is 0 Å². The number of aromatic nitrogens is 2. The number of aryl methyl sites for hydroxylation is 1. The van der Waals surface area contributed by atoms with Crippen molar-refractivity contribution >= 4 is 35.4 Å². The van der Waals surface area contributed by atoms with Crippen LogP contribution in [0.4, 0.5) is 14.9 Å². The third-order valence-electron chi connectivity index (χ3n) is 3.71. The lowest BCUT2D eigenvalue weighted by Gasteiger charge is -2.06. The average molecular weight is 342 g/mol. The molecule has 7 nitrogen and oxygen atoms in total. The number of carbonyl (C=O) groups is 2. The monoisotopic (exact) mass is 342 g/mol. The Labute approximate surface area is 142 Å². The maximum Gasteiger partial charge on any atom is 0.404 e. The molecule has 0 spiro atoms. The number of nitrogens with zero attached hydrogens (tertiary/aromatic N) is 1. The maximum absolute atomic E-state index is 14.3. The van der Waals surface area contributed by atoms with E-state index in [1.165, 1.54) is 30.6 Å². The van der Waals surface area contributed by atoms with Gasteiger partial charge in [0.25, 0.3) is 5.91 Å². The molecule has 0 radical (unpaired) electrons. The summed E-state index contributed by atoms with van der Waals surface area (Å²) < 4.78 is 18.9. The molecule has 2 aromatic rings.